The Balaban J connectivity index is 0. The van der Waals surface area contributed by atoms with Gasteiger partial charge in [-0.2, -0.15) is 0 Å². The average Bonchev–Trinajstić information content (AvgIpc) is 2.32. The maximum Gasteiger partial charge on any atom is 0.333 e. The van der Waals surface area contributed by atoms with Gasteiger partial charge in [0.05, 0.1) is 6.61 Å². The molecule has 0 aromatic heterocycles. The highest BCUT2D eigenvalue weighted by Gasteiger charge is 2.31. The molecule has 20 heavy (non-hydrogen) atoms. The monoisotopic (exact) mass is 290 g/mol. The molecule has 5 heteroatoms. The van der Waals surface area contributed by atoms with E-state index < -0.39 is 12.1 Å². The summed E-state index contributed by atoms with van der Waals surface area (Å²) >= 11 is 0. The molecule has 1 atom stereocenters. The van der Waals surface area contributed by atoms with Crippen LogP contribution in [0.25, 0.3) is 0 Å². The molecule has 1 unspecified atom stereocenters. The van der Waals surface area contributed by atoms with Crippen molar-refractivity contribution < 1.29 is 24.2 Å². The maximum absolute atomic E-state index is 10.6. The van der Waals surface area contributed by atoms with Crippen LogP contribution < -0.4 is 0 Å². The summed E-state index contributed by atoms with van der Waals surface area (Å²) in [5.74, 6) is -0.960. The van der Waals surface area contributed by atoms with E-state index in [1.54, 1.807) is 6.92 Å². The second-order valence-electron chi connectivity index (χ2n) is 5.51. The van der Waals surface area contributed by atoms with Crippen LogP contribution in [-0.2, 0) is 19.1 Å². The fourth-order valence-corrected chi connectivity index (χ4v) is 1.35. The SMILES string of the molecule is CCCOC(=O)CCC.CCOC(C(=O)O)C(C)(C)C. The molecule has 0 aliphatic carbocycles. The van der Waals surface area contributed by atoms with Gasteiger partial charge in [-0.15, -0.1) is 0 Å². The van der Waals surface area contributed by atoms with Crippen LogP contribution in [0.4, 0.5) is 0 Å². The number of rotatable bonds is 7. The summed E-state index contributed by atoms with van der Waals surface area (Å²) in [7, 11) is 0. The number of carbonyl (C=O) groups excluding carboxylic acids is 1. The van der Waals surface area contributed by atoms with Crippen LogP contribution in [0.1, 0.15) is 60.8 Å². The second kappa shape index (κ2) is 11.7. The van der Waals surface area contributed by atoms with Gasteiger partial charge in [0.15, 0.2) is 6.10 Å². The largest absolute Gasteiger partial charge is 0.479 e. The van der Waals surface area contributed by atoms with Crippen LogP contribution >= 0.6 is 0 Å². The molecule has 0 aliphatic heterocycles. The Morgan fingerprint density at radius 3 is 1.90 bits per heavy atom. The van der Waals surface area contributed by atoms with Gasteiger partial charge in [-0.3, -0.25) is 4.79 Å². The van der Waals surface area contributed by atoms with Gasteiger partial charge in [0.25, 0.3) is 0 Å². The Labute approximate surface area is 122 Å². The number of hydrogen-bond donors (Lipinski definition) is 1. The number of esters is 1. The summed E-state index contributed by atoms with van der Waals surface area (Å²) in [5, 5.41) is 8.71. The Kier molecular flexibility index (Phi) is 12.4. The van der Waals surface area contributed by atoms with Crippen molar-refractivity contribution in [2.24, 2.45) is 5.41 Å². The van der Waals surface area contributed by atoms with Crippen molar-refractivity contribution in [3.63, 3.8) is 0 Å². The number of ether oxygens (including phenoxy) is 2. The van der Waals surface area contributed by atoms with E-state index >= 15 is 0 Å². The molecule has 0 bridgehead atoms. The molecular weight excluding hydrogens is 260 g/mol. The lowest BCUT2D eigenvalue weighted by molar-refractivity contribution is -0.157. The number of carboxylic acid groups (broad SMARTS) is 1. The van der Waals surface area contributed by atoms with Crippen molar-refractivity contribution in [1.29, 1.82) is 0 Å². The number of aliphatic carboxylic acids is 1. The quantitative estimate of drug-likeness (QED) is 0.728. The average molecular weight is 290 g/mol. The lowest BCUT2D eigenvalue weighted by Gasteiger charge is -2.26. The number of carboxylic acids is 1. The van der Waals surface area contributed by atoms with Gasteiger partial charge in [-0.05, 0) is 25.2 Å². The van der Waals surface area contributed by atoms with E-state index in [1.807, 2.05) is 34.6 Å². The molecule has 0 aliphatic rings. The van der Waals surface area contributed by atoms with E-state index in [4.69, 9.17) is 14.6 Å². The van der Waals surface area contributed by atoms with Crippen LogP contribution in [0.2, 0.25) is 0 Å². The Hall–Kier alpha value is -1.10. The molecule has 1 N–H and O–H groups in total. The molecule has 0 saturated heterocycles. The van der Waals surface area contributed by atoms with Gasteiger partial charge < -0.3 is 14.6 Å². The van der Waals surface area contributed by atoms with Crippen molar-refractivity contribution in [1.82, 2.24) is 0 Å². The van der Waals surface area contributed by atoms with Crippen LogP contribution in [0.5, 0.6) is 0 Å². The fourth-order valence-electron chi connectivity index (χ4n) is 1.35. The summed E-state index contributed by atoms with van der Waals surface area (Å²) < 4.78 is 9.86. The topological polar surface area (TPSA) is 72.8 Å². The number of carbonyl (C=O) groups is 2. The molecule has 0 fully saturated rings. The zero-order chi connectivity index (χ0) is 16.2. The van der Waals surface area contributed by atoms with E-state index in [-0.39, 0.29) is 11.4 Å². The van der Waals surface area contributed by atoms with Crippen LogP contribution in [0.15, 0.2) is 0 Å². The van der Waals surface area contributed by atoms with Crippen LogP contribution in [0.3, 0.4) is 0 Å². The highest BCUT2D eigenvalue weighted by Crippen LogP contribution is 2.22. The predicted octanol–water partition coefficient (Wildman–Crippen LogP) is 3.26. The minimum atomic E-state index is -0.889. The van der Waals surface area contributed by atoms with Gasteiger partial charge in [-0.25, -0.2) is 4.79 Å². The summed E-state index contributed by atoms with van der Waals surface area (Å²) in [6, 6.07) is 0. The van der Waals surface area contributed by atoms with E-state index in [2.05, 4.69) is 0 Å². The molecule has 0 amide bonds. The third-order valence-corrected chi connectivity index (χ3v) is 2.27. The van der Waals surface area contributed by atoms with Gasteiger partial charge in [0, 0.05) is 13.0 Å². The molecule has 0 aromatic carbocycles. The maximum atomic E-state index is 10.6. The first-order chi connectivity index (χ1) is 9.20. The first kappa shape index (κ1) is 21.2. The van der Waals surface area contributed by atoms with Crippen LogP contribution in [0, 0.1) is 5.41 Å². The molecule has 0 radical (unpaired) electrons. The van der Waals surface area contributed by atoms with Crippen molar-refractivity contribution in [2.45, 2.75) is 66.9 Å². The minimum absolute atomic E-state index is 0.0700. The zero-order valence-corrected chi connectivity index (χ0v) is 13.7. The van der Waals surface area contributed by atoms with Crippen molar-refractivity contribution in [3.8, 4) is 0 Å². The van der Waals surface area contributed by atoms with Gasteiger partial charge >= 0.3 is 11.9 Å². The summed E-state index contributed by atoms with van der Waals surface area (Å²) in [5.41, 5.74) is -0.332. The third kappa shape index (κ3) is 12.0. The van der Waals surface area contributed by atoms with Crippen molar-refractivity contribution in [3.05, 3.63) is 0 Å². The van der Waals surface area contributed by atoms with Gasteiger partial charge in [0.2, 0.25) is 0 Å². The highest BCUT2D eigenvalue weighted by atomic mass is 16.5. The molecular formula is C15H30O5. The molecule has 0 spiro atoms. The number of hydrogen-bond acceptors (Lipinski definition) is 4. The highest BCUT2D eigenvalue weighted by molar-refractivity contribution is 5.73. The summed E-state index contributed by atoms with van der Waals surface area (Å²) in [4.78, 5) is 21.2. The van der Waals surface area contributed by atoms with E-state index in [0.717, 1.165) is 12.8 Å². The first-order valence-electron chi connectivity index (χ1n) is 7.20. The molecule has 0 heterocycles. The minimum Gasteiger partial charge on any atom is -0.479 e. The van der Waals surface area contributed by atoms with E-state index in [9.17, 15) is 9.59 Å². The lowest BCUT2D eigenvalue weighted by atomic mass is 9.89. The summed E-state index contributed by atoms with van der Waals surface area (Å²) in [6.07, 6.45) is 1.64. The van der Waals surface area contributed by atoms with E-state index in [0.29, 0.717) is 19.6 Å². The van der Waals surface area contributed by atoms with Crippen LogP contribution in [-0.4, -0.2) is 36.4 Å². The van der Waals surface area contributed by atoms with E-state index in [1.165, 1.54) is 0 Å². The first-order valence-corrected chi connectivity index (χ1v) is 7.20. The Morgan fingerprint density at radius 1 is 1.10 bits per heavy atom. The smallest absolute Gasteiger partial charge is 0.333 e. The molecule has 120 valence electrons. The van der Waals surface area contributed by atoms with Crippen molar-refractivity contribution >= 4 is 11.9 Å². The zero-order valence-electron chi connectivity index (χ0n) is 13.7. The fraction of sp³-hybridized carbons (Fsp3) is 0.867. The van der Waals surface area contributed by atoms with Gasteiger partial charge in [0.1, 0.15) is 0 Å². The third-order valence-electron chi connectivity index (χ3n) is 2.27. The van der Waals surface area contributed by atoms with Crippen molar-refractivity contribution in [2.75, 3.05) is 13.2 Å². The van der Waals surface area contributed by atoms with Gasteiger partial charge in [-0.1, -0.05) is 34.6 Å². The molecule has 5 nitrogen and oxygen atoms in total. The molecule has 0 aromatic rings. The standard InChI is InChI=1S/C8H16O3.C7H14O2/c1-5-11-6(7(9)10)8(2,3)4;1-3-5-7(8)9-6-4-2/h6H,5H2,1-4H3,(H,9,10);3-6H2,1-2H3. The predicted molar refractivity (Wildman–Crippen MR) is 78.7 cm³/mol. The second-order valence-corrected chi connectivity index (χ2v) is 5.51. The Bertz CT molecular complexity index is 268. The summed E-state index contributed by atoms with van der Waals surface area (Å²) in [6.45, 7) is 12.3. The molecule has 0 saturated carbocycles. The molecule has 0 rings (SSSR count). The Morgan fingerprint density at radius 2 is 1.65 bits per heavy atom. The normalized spacial score (nSPS) is 12.1. The lowest BCUT2D eigenvalue weighted by Crippen LogP contribution is -2.36.